The van der Waals surface area contributed by atoms with E-state index < -0.39 is 0 Å². The molecule has 2 heterocycles. The highest BCUT2D eigenvalue weighted by atomic mass is 35.5. The van der Waals surface area contributed by atoms with Crippen LogP contribution in [-0.2, 0) is 12.3 Å². The first-order valence-electron chi connectivity index (χ1n) is 9.73. The number of hydrogen-bond donors (Lipinski definition) is 1. The van der Waals surface area contributed by atoms with Crippen LogP contribution < -0.4 is 5.32 Å². The van der Waals surface area contributed by atoms with Crippen molar-refractivity contribution in [2.75, 3.05) is 0 Å². The Hall–Kier alpha value is -3.03. The Labute approximate surface area is 189 Å². The first-order valence-corrected chi connectivity index (χ1v) is 11.1. The molecule has 31 heavy (non-hydrogen) atoms. The number of furan rings is 1. The first-order chi connectivity index (χ1) is 15.0. The smallest absolute Gasteiger partial charge is 0.287 e. The van der Waals surface area contributed by atoms with Gasteiger partial charge in [0, 0.05) is 10.8 Å². The molecule has 4 rings (SSSR count). The zero-order valence-electron chi connectivity index (χ0n) is 17.1. The van der Waals surface area contributed by atoms with Gasteiger partial charge in [-0.3, -0.25) is 9.36 Å². The minimum absolute atomic E-state index is 0.198. The quantitative estimate of drug-likeness (QED) is 0.382. The molecule has 0 unspecified atom stereocenters. The van der Waals surface area contributed by atoms with Crippen molar-refractivity contribution in [2.24, 2.45) is 0 Å². The molecular weight excluding hydrogens is 432 g/mol. The normalized spacial score (nSPS) is 10.9. The maximum absolute atomic E-state index is 12.3. The number of carbonyl (C=O) groups is 1. The Bertz CT molecular complexity index is 1200. The van der Waals surface area contributed by atoms with Crippen LogP contribution in [0.1, 0.15) is 33.1 Å². The van der Waals surface area contributed by atoms with Crippen LogP contribution in [-0.4, -0.2) is 20.7 Å². The first kappa shape index (κ1) is 21.2. The summed E-state index contributed by atoms with van der Waals surface area (Å²) in [5.74, 6) is 1.30. The Morgan fingerprint density at radius 2 is 1.94 bits per heavy atom. The van der Waals surface area contributed by atoms with Crippen LogP contribution in [0.25, 0.3) is 5.69 Å². The number of halogens is 1. The number of nitrogens with zero attached hydrogens (tertiary/aromatic N) is 3. The SMILES string of the molecule is Cc1ccccc1CSc1nnc(CNC(=O)c2ccco2)n1-c1cc(Cl)ccc1C. The van der Waals surface area contributed by atoms with Crippen molar-refractivity contribution in [3.8, 4) is 5.69 Å². The van der Waals surface area contributed by atoms with Gasteiger partial charge >= 0.3 is 0 Å². The van der Waals surface area contributed by atoms with Gasteiger partial charge < -0.3 is 9.73 Å². The van der Waals surface area contributed by atoms with Gasteiger partial charge in [0.1, 0.15) is 0 Å². The highest BCUT2D eigenvalue weighted by molar-refractivity contribution is 7.98. The van der Waals surface area contributed by atoms with Crippen LogP contribution in [0.4, 0.5) is 0 Å². The molecule has 158 valence electrons. The van der Waals surface area contributed by atoms with Gasteiger partial charge in [-0.25, -0.2) is 0 Å². The van der Waals surface area contributed by atoms with E-state index in [4.69, 9.17) is 16.0 Å². The van der Waals surface area contributed by atoms with E-state index in [9.17, 15) is 4.79 Å². The summed E-state index contributed by atoms with van der Waals surface area (Å²) in [6.07, 6.45) is 1.47. The molecular formula is C23H21ClN4O2S. The van der Waals surface area contributed by atoms with Crippen molar-refractivity contribution in [2.45, 2.75) is 31.3 Å². The molecule has 0 aliphatic rings. The second-order valence-corrected chi connectivity index (χ2v) is 8.42. The number of carbonyl (C=O) groups excluding carboxylic acids is 1. The summed E-state index contributed by atoms with van der Waals surface area (Å²) in [6.45, 7) is 4.30. The molecule has 2 aromatic carbocycles. The van der Waals surface area contributed by atoms with Crippen molar-refractivity contribution in [1.29, 1.82) is 0 Å². The van der Waals surface area contributed by atoms with Crippen LogP contribution in [0.2, 0.25) is 5.02 Å². The second kappa shape index (κ2) is 9.41. The lowest BCUT2D eigenvalue weighted by Gasteiger charge is -2.14. The average molecular weight is 453 g/mol. The fraction of sp³-hybridized carbons (Fsp3) is 0.174. The van der Waals surface area contributed by atoms with E-state index in [-0.39, 0.29) is 18.2 Å². The van der Waals surface area contributed by atoms with Gasteiger partial charge in [-0.15, -0.1) is 10.2 Å². The molecule has 0 aliphatic heterocycles. The monoisotopic (exact) mass is 452 g/mol. The molecule has 0 atom stereocenters. The fourth-order valence-corrected chi connectivity index (χ4v) is 4.35. The molecule has 0 spiro atoms. The highest BCUT2D eigenvalue weighted by Gasteiger charge is 2.18. The number of aryl methyl sites for hydroxylation is 2. The maximum Gasteiger partial charge on any atom is 0.287 e. The molecule has 0 saturated carbocycles. The molecule has 0 fully saturated rings. The number of aromatic nitrogens is 3. The van der Waals surface area contributed by atoms with E-state index >= 15 is 0 Å². The Kier molecular flexibility index (Phi) is 6.44. The molecule has 2 aromatic heterocycles. The Balaban J connectivity index is 1.64. The van der Waals surface area contributed by atoms with Gasteiger partial charge in [0.25, 0.3) is 5.91 Å². The molecule has 4 aromatic rings. The topological polar surface area (TPSA) is 73.0 Å². The highest BCUT2D eigenvalue weighted by Crippen LogP contribution is 2.29. The van der Waals surface area contributed by atoms with Gasteiger partial charge in [0.15, 0.2) is 16.7 Å². The third kappa shape index (κ3) is 4.84. The number of benzene rings is 2. The lowest BCUT2D eigenvalue weighted by Crippen LogP contribution is -2.24. The maximum atomic E-state index is 12.3. The molecule has 0 aliphatic carbocycles. The summed E-state index contributed by atoms with van der Waals surface area (Å²) in [4.78, 5) is 12.3. The third-order valence-corrected chi connectivity index (χ3v) is 6.10. The summed E-state index contributed by atoms with van der Waals surface area (Å²) >= 11 is 7.88. The van der Waals surface area contributed by atoms with Gasteiger partial charge in [-0.1, -0.05) is 53.7 Å². The van der Waals surface area contributed by atoms with E-state index in [0.717, 1.165) is 22.2 Å². The van der Waals surface area contributed by atoms with Crippen LogP contribution >= 0.6 is 23.4 Å². The number of thioether (sulfide) groups is 1. The van der Waals surface area contributed by atoms with E-state index in [1.54, 1.807) is 23.9 Å². The molecule has 0 saturated heterocycles. The zero-order valence-corrected chi connectivity index (χ0v) is 18.7. The van der Waals surface area contributed by atoms with Crippen LogP contribution in [0.3, 0.4) is 0 Å². The number of hydrogen-bond acceptors (Lipinski definition) is 5. The number of rotatable bonds is 7. The van der Waals surface area contributed by atoms with E-state index in [1.165, 1.54) is 17.4 Å². The Morgan fingerprint density at radius 1 is 1.10 bits per heavy atom. The van der Waals surface area contributed by atoms with Crippen molar-refractivity contribution < 1.29 is 9.21 Å². The summed E-state index contributed by atoms with van der Waals surface area (Å²) in [6, 6.07) is 17.2. The average Bonchev–Trinajstić information content (AvgIpc) is 3.43. The number of nitrogens with one attached hydrogen (secondary N) is 1. The molecule has 0 radical (unpaired) electrons. The summed E-state index contributed by atoms with van der Waals surface area (Å²) < 4.78 is 7.11. The van der Waals surface area contributed by atoms with Crippen LogP contribution in [0.15, 0.2) is 70.4 Å². The van der Waals surface area contributed by atoms with E-state index in [2.05, 4.69) is 34.6 Å². The largest absolute Gasteiger partial charge is 0.459 e. The van der Waals surface area contributed by atoms with Gasteiger partial charge in [0.2, 0.25) is 0 Å². The predicted octanol–water partition coefficient (Wildman–Crippen LogP) is 5.35. The predicted molar refractivity (Wildman–Crippen MR) is 122 cm³/mol. The Morgan fingerprint density at radius 3 is 2.71 bits per heavy atom. The molecule has 8 heteroatoms. The lowest BCUT2D eigenvalue weighted by molar-refractivity contribution is 0.0922. The van der Waals surface area contributed by atoms with Gasteiger partial charge in [-0.2, -0.15) is 0 Å². The van der Waals surface area contributed by atoms with E-state index in [1.807, 2.05) is 41.8 Å². The summed E-state index contributed by atoms with van der Waals surface area (Å²) in [7, 11) is 0. The molecule has 6 nitrogen and oxygen atoms in total. The second-order valence-electron chi connectivity index (χ2n) is 7.04. The third-order valence-electron chi connectivity index (χ3n) is 4.88. The van der Waals surface area contributed by atoms with Gasteiger partial charge in [0.05, 0.1) is 18.5 Å². The van der Waals surface area contributed by atoms with Crippen LogP contribution in [0.5, 0.6) is 0 Å². The van der Waals surface area contributed by atoms with Crippen molar-refractivity contribution in [3.63, 3.8) is 0 Å². The molecule has 1 N–H and O–H groups in total. The lowest BCUT2D eigenvalue weighted by atomic mass is 10.1. The standard InChI is InChI=1S/C23H21ClN4O2S/c1-15-6-3-4-7-17(15)14-31-23-27-26-21(13-25-22(29)20-8-5-11-30-20)28(23)19-12-18(24)10-9-16(19)2/h3-12H,13-14H2,1-2H3,(H,25,29). The van der Waals surface area contributed by atoms with Crippen molar-refractivity contribution in [1.82, 2.24) is 20.1 Å². The number of amides is 1. The van der Waals surface area contributed by atoms with Crippen LogP contribution in [0, 0.1) is 13.8 Å². The minimum Gasteiger partial charge on any atom is -0.459 e. The zero-order chi connectivity index (χ0) is 21.8. The molecule has 1 amide bonds. The summed E-state index contributed by atoms with van der Waals surface area (Å²) in [5, 5.41) is 13.0. The summed E-state index contributed by atoms with van der Waals surface area (Å²) in [5.41, 5.74) is 4.37. The fourth-order valence-electron chi connectivity index (χ4n) is 3.14. The van der Waals surface area contributed by atoms with Crippen molar-refractivity contribution >= 4 is 29.3 Å². The molecule has 0 bridgehead atoms. The van der Waals surface area contributed by atoms with Gasteiger partial charge in [-0.05, 0) is 54.8 Å². The minimum atomic E-state index is -0.309. The van der Waals surface area contributed by atoms with Crippen molar-refractivity contribution in [3.05, 3.63) is 94.2 Å². The van der Waals surface area contributed by atoms with E-state index in [0.29, 0.717) is 10.8 Å².